The summed E-state index contributed by atoms with van der Waals surface area (Å²) >= 11 is 12.4. The Hall–Kier alpha value is -3.27. The van der Waals surface area contributed by atoms with E-state index in [1.807, 2.05) is 62.4 Å². The number of carbonyl (C=O) groups excluding carboxylic acids is 1. The van der Waals surface area contributed by atoms with Crippen molar-refractivity contribution in [3.8, 4) is 0 Å². The van der Waals surface area contributed by atoms with Crippen LogP contribution in [0.15, 0.2) is 72.8 Å². The maximum absolute atomic E-state index is 12.7. The largest absolute Gasteiger partial charge is 0.357 e. The zero-order chi connectivity index (χ0) is 29.6. The van der Waals surface area contributed by atoms with Crippen LogP contribution in [-0.2, 0) is 16.2 Å². The number of anilines is 1. The molecule has 2 N–H and O–H groups in total. The number of rotatable bonds is 10. The van der Waals surface area contributed by atoms with Gasteiger partial charge in [-0.15, -0.1) is 0 Å². The lowest BCUT2D eigenvalue weighted by atomic mass is 9.96. The SMILES string of the molecule is CONC(=O)[C@@H](Nc1nc(CN2CCN(C(c3ccc(Cl)cc3)c3ccc(Cl)cc3)CC2)nc2ccccc12)C(C)C. The molecule has 220 valence electrons. The quantitative estimate of drug-likeness (QED) is 0.216. The lowest BCUT2D eigenvalue weighted by Crippen LogP contribution is -2.47. The summed E-state index contributed by atoms with van der Waals surface area (Å²) in [5.41, 5.74) is 5.67. The Morgan fingerprint density at radius 3 is 2.05 bits per heavy atom. The second kappa shape index (κ2) is 13.8. The molecule has 2 heterocycles. The van der Waals surface area contributed by atoms with Gasteiger partial charge in [0.2, 0.25) is 0 Å². The first-order chi connectivity index (χ1) is 20.3. The minimum Gasteiger partial charge on any atom is -0.357 e. The maximum Gasteiger partial charge on any atom is 0.266 e. The van der Waals surface area contributed by atoms with Gasteiger partial charge in [0.25, 0.3) is 5.91 Å². The van der Waals surface area contributed by atoms with Crippen LogP contribution in [0.25, 0.3) is 10.9 Å². The molecule has 0 radical (unpaired) electrons. The number of benzene rings is 3. The number of carbonyl (C=O) groups is 1. The standard InChI is InChI=1S/C32H36Cl2N6O2/c1-21(2)29(32(41)38-42-3)37-31-26-6-4-5-7-27(26)35-28(36-31)20-39-16-18-40(19-17-39)30(22-8-12-24(33)13-9-22)23-10-14-25(34)15-11-23/h4-15,21,29-30H,16-20H2,1-3H3,(H,38,41)(H,35,36,37)/t29-/m0/s1. The molecule has 8 nitrogen and oxygen atoms in total. The number of hydrogen-bond donors (Lipinski definition) is 2. The topological polar surface area (TPSA) is 82.6 Å². The molecule has 1 amide bonds. The highest BCUT2D eigenvalue weighted by molar-refractivity contribution is 6.30. The van der Waals surface area contributed by atoms with Crippen molar-refractivity contribution in [2.24, 2.45) is 5.92 Å². The summed E-state index contributed by atoms with van der Waals surface area (Å²) in [7, 11) is 1.43. The number of amides is 1. The molecular weight excluding hydrogens is 571 g/mol. The minimum atomic E-state index is -0.516. The zero-order valence-corrected chi connectivity index (χ0v) is 25.6. The van der Waals surface area contributed by atoms with E-state index in [4.69, 9.17) is 38.0 Å². The fourth-order valence-corrected chi connectivity index (χ4v) is 5.69. The van der Waals surface area contributed by atoms with Gasteiger partial charge in [0.1, 0.15) is 17.7 Å². The number of hydroxylamine groups is 1. The number of nitrogens with one attached hydrogen (secondary N) is 2. The average molecular weight is 608 g/mol. The Balaban J connectivity index is 1.33. The number of para-hydroxylation sites is 1. The summed E-state index contributed by atoms with van der Waals surface area (Å²) in [6.07, 6.45) is 0. The number of aromatic nitrogens is 2. The van der Waals surface area contributed by atoms with Crippen molar-refractivity contribution in [3.05, 3.63) is 99.8 Å². The summed E-state index contributed by atoms with van der Waals surface area (Å²) in [5, 5.41) is 5.68. The summed E-state index contributed by atoms with van der Waals surface area (Å²) < 4.78 is 0. The zero-order valence-electron chi connectivity index (χ0n) is 24.1. The van der Waals surface area contributed by atoms with E-state index < -0.39 is 6.04 Å². The molecule has 0 saturated carbocycles. The van der Waals surface area contributed by atoms with Gasteiger partial charge < -0.3 is 5.32 Å². The number of hydrogen-bond acceptors (Lipinski definition) is 7. The predicted octanol–water partition coefficient (Wildman–Crippen LogP) is 5.96. The fourth-order valence-electron chi connectivity index (χ4n) is 5.44. The van der Waals surface area contributed by atoms with E-state index in [1.54, 1.807) is 0 Å². The molecule has 1 aromatic heterocycles. The Kier molecular flexibility index (Phi) is 9.92. The van der Waals surface area contributed by atoms with E-state index in [1.165, 1.54) is 18.2 Å². The van der Waals surface area contributed by atoms with E-state index in [0.717, 1.165) is 47.1 Å². The highest BCUT2D eigenvalue weighted by Crippen LogP contribution is 2.31. The Morgan fingerprint density at radius 2 is 1.48 bits per heavy atom. The van der Waals surface area contributed by atoms with E-state index in [-0.39, 0.29) is 17.9 Å². The molecule has 1 aliphatic rings. The molecule has 1 atom stereocenters. The Bertz CT molecular complexity index is 1450. The molecule has 1 aliphatic heterocycles. The van der Waals surface area contributed by atoms with Gasteiger partial charge in [-0.25, -0.2) is 15.4 Å². The lowest BCUT2D eigenvalue weighted by Gasteiger charge is -2.39. The number of piperazine rings is 1. The molecule has 0 bridgehead atoms. The molecule has 0 unspecified atom stereocenters. The molecule has 1 fully saturated rings. The van der Waals surface area contributed by atoms with Gasteiger partial charge in [0.05, 0.1) is 25.2 Å². The highest BCUT2D eigenvalue weighted by Gasteiger charge is 2.28. The molecule has 4 aromatic rings. The molecular formula is C32H36Cl2N6O2. The molecule has 3 aromatic carbocycles. The maximum atomic E-state index is 12.7. The Morgan fingerprint density at radius 1 is 0.881 bits per heavy atom. The normalized spacial score (nSPS) is 15.3. The van der Waals surface area contributed by atoms with E-state index in [2.05, 4.69) is 44.9 Å². The fraction of sp³-hybridized carbons (Fsp3) is 0.344. The van der Waals surface area contributed by atoms with Crippen LogP contribution in [0.3, 0.4) is 0 Å². The van der Waals surface area contributed by atoms with Gasteiger partial charge in [-0.05, 0) is 53.4 Å². The van der Waals surface area contributed by atoms with Crippen LogP contribution in [0.2, 0.25) is 10.0 Å². The molecule has 10 heteroatoms. The number of fused-ring (bicyclic) bond motifs is 1. The molecule has 42 heavy (non-hydrogen) atoms. The van der Waals surface area contributed by atoms with Crippen LogP contribution in [-0.4, -0.2) is 65.0 Å². The molecule has 1 saturated heterocycles. The lowest BCUT2D eigenvalue weighted by molar-refractivity contribution is -0.133. The van der Waals surface area contributed by atoms with Gasteiger partial charge in [-0.2, -0.15) is 0 Å². The van der Waals surface area contributed by atoms with Crippen molar-refractivity contribution < 1.29 is 9.63 Å². The number of nitrogens with zero attached hydrogens (tertiary/aromatic N) is 4. The molecule has 0 aliphatic carbocycles. The third kappa shape index (κ3) is 7.19. The van der Waals surface area contributed by atoms with Gasteiger partial charge >= 0.3 is 0 Å². The monoisotopic (exact) mass is 606 g/mol. The van der Waals surface area contributed by atoms with Gasteiger partial charge in [-0.3, -0.25) is 19.4 Å². The van der Waals surface area contributed by atoms with Gasteiger partial charge in [0.15, 0.2) is 0 Å². The third-order valence-corrected chi connectivity index (χ3v) is 8.11. The summed E-state index contributed by atoms with van der Waals surface area (Å²) in [4.78, 5) is 32.2. The van der Waals surface area contributed by atoms with E-state index in [0.29, 0.717) is 18.2 Å². The van der Waals surface area contributed by atoms with Crippen LogP contribution in [0.5, 0.6) is 0 Å². The van der Waals surface area contributed by atoms with E-state index in [9.17, 15) is 4.79 Å². The van der Waals surface area contributed by atoms with Crippen molar-refractivity contribution in [2.45, 2.75) is 32.5 Å². The van der Waals surface area contributed by atoms with Crippen LogP contribution in [0.1, 0.15) is 36.8 Å². The van der Waals surface area contributed by atoms with Crippen molar-refractivity contribution >= 4 is 45.8 Å². The molecule has 5 rings (SSSR count). The van der Waals surface area contributed by atoms with Gasteiger partial charge in [0, 0.05) is 41.6 Å². The first-order valence-electron chi connectivity index (χ1n) is 14.1. The second-order valence-electron chi connectivity index (χ2n) is 10.9. The molecule has 0 spiro atoms. The van der Waals surface area contributed by atoms with Crippen LogP contribution >= 0.6 is 23.2 Å². The predicted molar refractivity (Wildman–Crippen MR) is 169 cm³/mol. The van der Waals surface area contributed by atoms with Gasteiger partial charge in [-0.1, -0.05) is 73.4 Å². The minimum absolute atomic E-state index is 0.0135. The van der Waals surface area contributed by atoms with Crippen molar-refractivity contribution in [1.29, 1.82) is 0 Å². The summed E-state index contributed by atoms with van der Waals surface area (Å²) in [6, 6.07) is 23.6. The third-order valence-electron chi connectivity index (χ3n) is 7.60. The highest BCUT2D eigenvalue weighted by atomic mass is 35.5. The van der Waals surface area contributed by atoms with Crippen molar-refractivity contribution in [2.75, 3.05) is 38.6 Å². The van der Waals surface area contributed by atoms with Crippen LogP contribution in [0, 0.1) is 5.92 Å². The van der Waals surface area contributed by atoms with Crippen molar-refractivity contribution in [3.63, 3.8) is 0 Å². The number of halogens is 2. The second-order valence-corrected chi connectivity index (χ2v) is 11.7. The Labute approximate surface area is 256 Å². The van der Waals surface area contributed by atoms with Crippen molar-refractivity contribution in [1.82, 2.24) is 25.2 Å². The smallest absolute Gasteiger partial charge is 0.266 e. The summed E-state index contributed by atoms with van der Waals surface area (Å²) in [5.74, 6) is 1.12. The van der Waals surface area contributed by atoms with Crippen LogP contribution in [0.4, 0.5) is 5.82 Å². The average Bonchev–Trinajstić information content (AvgIpc) is 2.98. The summed E-state index contributed by atoms with van der Waals surface area (Å²) in [6.45, 7) is 8.05. The first-order valence-corrected chi connectivity index (χ1v) is 14.9. The van der Waals surface area contributed by atoms with Crippen LogP contribution < -0.4 is 10.8 Å². The first kappa shape index (κ1) is 30.2. The van der Waals surface area contributed by atoms with E-state index >= 15 is 0 Å².